The number of nitrogens with zero attached hydrogens (tertiary/aromatic N) is 2. The average molecular weight is 271 g/mol. The first-order chi connectivity index (χ1) is 9.60. The Balaban J connectivity index is 2.55. The Hall–Kier alpha value is -1.77. The highest BCUT2D eigenvalue weighted by atomic mass is 15.1. The average Bonchev–Trinajstić information content (AvgIpc) is 2.73. The molecule has 0 unspecified atom stereocenters. The van der Waals surface area contributed by atoms with Crippen molar-refractivity contribution in [1.29, 1.82) is 0 Å². The lowest BCUT2D eigenvalue weighted by Crippen LogP contribution is -2.06. The van der Waals surface area contributed by atoms with Gasteiger partial charge in [-0.2, -0.15) is 0 Å². The zero-order valence-electron chi connectivity index (χ0n) is 13.0. The molecule has 1 aromatic heterocycles. The van der Waals surface area contributed by atoms with Gasteiger partial charge in [0.15, 0.2) is 0 Å². The van der Waals surface area contributed by atoms with Crippen molar-refractivity contribution >= 4 is 5.82 Å². The second-order valence-electron chi connectivity index (χ2n) is 5.39. The Morgan fingerprint density at radius 1 is 1.15 bits per heavy atom. The Bertz CT molecular complexity index is 576. The van der Waals surface area contributed by atoms with Crippen molar-refractivity contribution in [1.82, 2.24) is 9.55 Å². The molecule has 0 aliphatic rings. The molecule has 1 aromatic carbocycles. The molecule has 0 atom stereocenters. The number of nitrogen functional groups attached to an aromatic ring is 1. The third-order valence-corrected chi connectivity index (χ3v) is 3.86. The molecule has 0 fully saturated rings. The van der Waals surface area contributed by atoms with Gasteiger partial charge < -0.3 is 10.3 Å². The minimum atomic E-state index is 0.813. The van der Waals surface area contributed by atoms with Crippen LogP contribution in [0.25, 0.3) is 11.3 Å². The molecule has 20 heavy (non-hydrogen) atoms. The summed E-state index contributed by atoms with van der Waals surface area (Å²) in [5, 5.41) is 0. The molecular formula is C17H25N3. The van der Waals surface area contributed by atoms with Crippen LogP contribution in [0.3, 0.4) is 0 Å². The summed E-state index contributed by atoms with van der Waals surface area (Å²) in [4.78, 5) is 4.81. The number of anilines is 1. The summed E-state index contributed by atoms with van der Waals surface area (Å²) in [6, 6.07) is 6.33. The molecule has 0 spiro atoms. The van der Waals surface area contributed by atoms with E-state index < -0.39 is 0 Å². The summed E-state index contributed by atoms with van der Waals surface area (Å²) < 4.78 is 2.19. The van der Waals surface area contributed by atoms with Gasteiger partial charge in [0.05, 0.1) is 0 Å². The van der Waals surface area contributed by atoms with Gasteiger partial charge in [0.25, 0.3) is 0 Å². The van der Waals surface area contributed by atoms with Crippen LogP contribution >= 0.6 is 0 Å². The Labute approximate surface area is 121 Å². The molecule has 0 saturated carbocycles. The van der Waals surface area contributed by atoms with Gasteiger partial charge in [0.1, 0.15) is 17.3 Å². The summed E-state index contributed by atoms with van der Waals surface area (Å²) in [5.41, 5.74) is 11.0. The van der Waals surface area contributed by atoms with E-state index in [1.54, 1.807) is 0 Å². The molecule has 2 rings (SSSR count). The van der Waals surface area contributed by atoms with E-state index in [4.69, 9.17) is 10.7 Å². The molecule has 0 aliphatic heterocycles. The van der Waals surface area contributed by atoms with E-state index in [-0.39, 0.29) is 0 Å². The molecule has 0 radical (unpaired) electrons. The maximum atomic E-state index is 6.39. The monoisotopic (exact) mass is 271 g/mol. The van der Waals surface area contributed by atoms with Gasteiger partial charge >= 0.3 is 0 Å². The van der Waals surface area contributed by atoms with E-state index in [0.29, 0.717) is 0 Å². The lowest BCUT2D eigenvalue weighted by molar-refractivity contribution is 0.612. The summed E-state index contributed by atoms with van der Waals surface area (Å²) >= 11 is 0. The van der Waals surface area contributed by atoms with Crippen molar-refractivity contribution in [3.8, 4) is 11.3 Å². The standard InChI is InChI=1S/C17H25N3/c1-5-7-11-20-14(6-2)19-16(17(20)18)15-12(3)9-8-10-13(15)4/h8-10H,5-7,11,18H2,1-4H3. The predicted octanol–water partition coefficient (Wildman–Crippen LogP) is 4.11. The largest absolute Gasteiger partial charge is 0.383 e. The van der Waals surface area contributed by atoms with Crippen molar-refractivity contribution in [2.45, 2.75) is 53.5 Å². The van der Waals surface area contributed by atoms with Gasteiger partial charge in [-0.3, -0.25) is 0 Å². The molecule has 3 heteroatoms. The molecular weight excluding hydrogens is 246 g/mol. The van der Waals surface area contributed by atoms with Crippen LogP contribution in [0.4, 0.5) is 5.82 Å². The fourth-order valence-corrected chi connectivity index (χ4v) is 2.72. The van der Waals surface area contributed by atoms with Gasteiger partial charge in [0, 0.05) is 18.5 Å². The number of hydrogen-bond acceptors (Lipinski definition) is 2. The van der Waals surface area contributed by atoms with E-state index in [9.17, 15) is 0 Å². The van der Waals surface area contributed by atoms with E-state index >= 15 is 0 Å². The van der Waals surface area contributed by atoms with Crippen LogP contribution in [-0.4, -0.2) is 9.55 Å². The first-order valence-electron chi connectivity index (χ1n) is 7.51. The topological polar surface area (TPSA) is 43.8 Å². The van der Waals surface area contributed by atoms with Crippen LogP contribution in [0.5, 0.6) is 0 Å². The number of nitrogens with two attached hydrogens (primary N) is 1. The SMILES string of the molecule is CCCCn1c(CC)nc(-c2c(C)cccc2C)c1N. The second-order valence-corrected chi connectivity index (χ2v) is 5.39. The number of unbranched alkanes of at least 4 members (excludes halogenated alkanes) is 1. The minimum absolute atomic E-state index is 0.813. The first kappa shape index (κ1) is 14.6. The fourth-order valence-electron chi connectivity index (χ4n) is 2.72. The fraction of sp³-hybridized carbons (Fsp3) is 0.471. The highest BCUT2D eigenvalue weighted by Gasteiger charge is 2.17. The minimum Gasteiger partial charge on any atom is -0.383 e. The number of aromatic nitrogens is 2. The van der Waals surface area contributed by atoms with Crippen molar-refractivity contribution < 1.29 is 0 Å². The van der Waals surface area contributed by atoms with E-state index in [2.05, 4.69) is 50.5 Å². The number of hydrogen-bond donors (Lipinski definition) is 1. The Morgan fingerprint density at radius 3 is 2.35 bits per heavy atom. The quantitative estimate of drug-likeness (QED) is 0.889. The van der Waals surface area contributed by atoms with E-state index in [1.165, 1.54) is 23.1 Å². The van der Waals surface area contributed by atoms with Gasteiger partial charge in [-0.1, -0.05) is 38.5 Å². The molecule has 108 valence electrons. The lowest BCUT2D eigenvalue weighted by Gasteiger charge is -2.10. The van der Waals surface area contributed by atoms with Crippen molar-refractivity contribution in [3.05, 3.63) is 35.2 Å². The van der Waals surface area contributed by atoms with Gasteiger partial charge in [-0.25, -0.2) is 4.98 Å². The number of imidazole rings is 1. The second kappa shape index (κ2) is 6.12. The van der Waals surface area contributed by atoms with E-state index in [0.717, 1.165) is 36.7 Å². The highest BCUT2D eigenvalue weighted by Crippen LogP contribution is 2.32. The summed E-state index contributed by atoms with van der Waals surface area (Å²) in [7, 11) is 0. The summed E-state index contributed by atoms with van der Waals surface area (Å²) in [5.74, 6) is 1.90. The summed E-state index contributed by atoms with van der Waals surface area (Å²) in [6.45, 7) is 9.55. The molecule has 0 amide bonds. The van der Waals surface area contributed by atoms with E-state index in [1.807, 2.05) is 0 Å². The zero-order chi connectivity index (χ0) is 14.7. The number of aryl methyl sites for hydroxylation is 3. The van der Waals surface area contributed by atoms with Crippen molar-refractivity contribution in [2.24, 2.45) is 0 Å². The Morgan fingerprint density at radius 2 is 1.80 bits per heavy atom. The molecule has 0 saturated heterocycles. The lowest BCUT2D eigenvalue weighted by atomic mass is 10.0. The predicted molar refractivity (Wildman–Crippen MR) is 85.8 cm³/mol. The third-order valence-electron chi connectivity index (χ3n) is 3.86. The first-order valence-corrected chi connectivity index (χ1v) is 7.51. The maximum Gasteiger partial charge on any atom is 0.131 e. The van der Waals surface area contributed by atoms with Crippen LogP contribution < -0.4 is 5.73 Å². The molecule has 0 aliphatic carbocycles. The zero-order valence-corrected chi connectivity index (χ0v) is 13.0. The van der Waals surface area contributed by atoms with Gasteiger partial charge in [-0.05, 0) is 31.4 Å². The van der Waals surface area contributed by atoms with Crippen LogP contribution in [0.1, 0.15) is 43.6 Å². The third kappa shape index (κ3) is 2.58. The molecule has 2 N–H and O–H groups in total. The van der Waals surface area contributed by atoms with Gasteiger partial charge in [0.2, 0.25) is 0 Å². The highest BCUT2D eigenvalue weighted by molar-refractivity contribution is 5.76. The van der Waals surface area contributed by atoms with Gasteiger partial charge in [-0.15, -0.1) is 0 Å². The molecule has 1 heterocycles. The summed E-state index contributed by atoms with van der Waals surface area (Å²) in [6.07, 6.45) is 3.22. The van der Waals surface area contributed by atoms with Crippen molar-refractivity contribution in [3.63, 3.8) is 0 Å². The molecule has 3 nitrogen and oxygen atoms in total. The maximum absolute atomic E-state index is 6.39. The number of rotatable bonds is 5. The number of benzene rings is 1. The molecule has 0 bridgehead atoms. The smallest absolute Gasteiger partial charge is 0.131 e. The normalized spacial score (nSPS) is 11.0. The molecule has 2 aromatic rings. The van der Waals surface area contributed by atoms with Crippen LogP contribution in [0.2, 0.25) is 0 Å². The van der Waals surface area contributed by atoms with Crippen LogP contribution in [0, 0.1) is 13.8 Å². The van der Waals surface area contributed by atoms with Crippen molar-refractivity contribution in [2.75, 3.05) is 5.73 Å². The van der Waals surface area contributed by atoms with Crippen LogP contribution in [-0.2, 0) is 13.0 Å². The van der Waals surface area contributed by atoms with Crippen LogP contribution in [0.15, 0.2) is 18.2 Å². The Kier molecular flexibility index (Phi) is 4.48.